The van der Waals surface area contributed by atoms with Gasteiger partial charge >= 0.3 is 5.82 Å². The number of anilines is 1. The second kappa shape index (κ2) is 9.27. The van der Waals surface area contributed by atoms with Gasteiger partial charge in [0, 0.05) is 6.20 Å². The highest BCUT2D eigenvalue weighted by molar-refractivity contribution is 6.35. The van der Waals surface area contributed by atoms with Crippen LogP contribution in [0.1, 0.15) is 29.9 Å². The fourth-order valence-electron chi connectivity index (χ4n) is 2.68. The third-order valence-electron chi connectivity index (χ3n) is 3.93. The number of aromatic nitrogens is 4. The first-order chi connectivity index (χ1) is 14.4. The normalized spacial score (nSPS) is 10.6. The van der Waals surface area contributed by atoms with E-state index in [1.807, 2.05) is 32.0 Å². The molecule has 0 spiro atoms. The van der Waals surface area contributed by atoms with E-state index in [2.05, 4.69) is 20.6 Å². The lowest BCUT2D eigenvalue weighted by atomic mass is 10.2. The molecule has 0 aliphatic rings. The molecule has 0 radical (unpaired) electrons. The predicted octanol–water partition coefficient (Wildman–Crippen LogP) is 3.27. The Morgan fingerprint density at radius 1 is 1.30 bits per heavy atom. The van der Waals surface area contributed by atoms with Crippen molar-refractivity contribution < 1.29 is 19.2 Å². The molecule has 2 aromatic heterocycles. The van der Waals surface area contributed by atoms with Crippen LogP contribution in [0.5, 0.6) is 11.5 Å². The Morgan fingerprint density at radius 3 is 2.70 bits per heavy atom. The van der Waals surface area contributed by atoms with Gasteiger partial charge in [0.25, 0.3) is 5.91 Å². The van der Waals surface area contributed by atoms with Crippen molar-refractivity contribution in [2.45, 2.75) is 20.4 Å². The molecule has 0 bridgehead atoms. The SMILES string of the molecule is CCOc1ccc(Cn2cc(NC(=O)c3n[nH]c([N+](=O)[O-])c3Cl)cn2)cc1OCC. The highest BCUT2D eigenvalue weighted by Crippen LogP contribution is 2.29. The summed E-state index contributed by atoms with van der Waals surface area (Å²) in [6.07, 6.45) is 3.06. The fraction of sp³-hybridized carbons (Fsp3) is 0.278. The molecule has 30 heavy (non-hydrogen) atoms. The van der Waals surface area contributed by atoms with Gasteiger partial charge in [-0.15, -0.1) is 5.10 Å². The van der Waals surface area contributed by atoms with Gasteiger partial charge in [0.15, 0.2) is 22.2 Å². The van der Waals surface area contributed by atoms with Crippen molar-refractivity contribution in [3.8, 4) is 11.5 Å². The van der Waals surface area contributed by atoms with Gasteiger partial charge in [-0.25, -0.2) is 0 Å². The third-order valence-corrected chi connectivity index (χ3v) is 4.29. The number of carbonyl (C=O) groups excluding carboxylic acids is 1. The van der Waals surface area contributed by atoms with Crippen molar-refractivity contribution in [1.29, 1.82) is 0 Å². The number of nitrogens with zero attached hydrogens (tertiary/aromatic N) is 4. The Labute approximate surface area is 176 Å². The van der Waals surface area contributed by atoms with Crippen molar-refractivity contribution in [1.82, 2.24) is 20.0 Å². The highest BCUT2D eigenvalue weighted by atomic mass is 35.5. The molecule has 11 nitrogen and oxygen atoms in total. The molecule has 0 aliphatic heterocycles. The van der Waals surface area contributed by atoms with E-state index in [0.717, 1.165) is 5.56 Å². The summed E-state index contributed by atoms with van der Waals surface area (Å²) in [5.41, 5.74) is 1.04. The standard InChI is InChI=1S/C18H19ClN6O5/c1-3-29-13-6-5-11(7-14(13)30-4-2)9-24-10-12(8-20-24)21-18(26)16-15(19)17(23-22-16)25(27)28/h5-8,10H,3-4,9H2,1-2H3,(H,21,26)(H,22,23). The van der Waals surface area contributed by atoms with E-state index in [1.54, 1.807) is 10.9 Å². The first-order valence-electron chi connectivity index (χ1n) is 9.03. The third kappa shape index (κ3) is 4.69. The van der Waals surface area contributed by atoms with E-state index in [4.69, 9.17) is 21.1 Å². The maximum atomic E-state index is 12.3. The number of nitrogens with one attached hydrogen (secondary N) is 2. The number of H-pyrrole nitrogens is 1. The van der Waals surface area contributed by atoms with Gasteiger partial charge in [-0.2, -0.15) is 5.10 Å². The first kappa shape index (κ1) is 21.1. The van der Waals surface area contributed by atoms with Crippen LogP contribution in [0.4, 0.5) is 11.5 Å². The Hall–Kier alpha value is -3.60. The van der Waals surface area contributed by atoms with Gasteiger partial charge in [0.1, 0.15) is 0 Å². The summed E-state index contributed by atoms with van der Waals surface area (Å²) >= 11 is 5.83. The minimum absolute atomic E-state index is 0.274. The maximum Gasteiger partial charge on any atom is 0.362 e. The average Bonchev–Trinajstić information content (AvgIpc) is 3.30. The smallest absolute Gasteiger partial charge is 0.362 e. The topological polar surface area (TPSA) is 137 Å². The number of amides is 1. The number of benzene rings is 1. The van der Waals surface area contributed by atoms with Crippen LogP contribution in [-0.2, 0) is 6.54 Å². The largest absolute Gasteiger partial charge is 0.490 e. The molecule has 0 saturated heterocycles. The van der Waals surface area contributed by atoms with Crippen LogP contribution in [0.25, 0.3) is 0 Å². The van der Waals surface area contributed by atoms with E-state index < -0.39 is 16.6 Å². The summed E-state index contributed by atoms with van der Waals surface area (Å²) in [5, 5.41) is 22.9. The van der Waals surface area contributed by atoms with Crippen LogP contribution in [0.3, 0.4) is 0 Å². The summed E-state index contributed by atoms with van der Waals surface area (Å²) in [4.78, 5) is 22.3. The molecule has 1 aromatic carbocycles. The molecule has 1 amide bonds. The molecule has 0 fully saturated rings. The second-order valence-corrected chi connectivity index (χ2v) is 6.40. The second-order valence-electron chi connectivity index (χ2n) is 6.02. The van der Waals surface area contributed by atoms with E-state index in [1.165, 1.54) is 6.20 Å². The van der Waals surface area contributed by atoms with Crippen molar-refractivity contribution in [2.75, 3.05) is 18.5 Å². The quantitative estimate of drug-likeness (QED) is 0.389. The van der Waals surface area contributed by atoms with Crippen molar-refractivity contribution in [3.05, 3.63) is 57.0 Å². The van der Waals surface area contributed by atoms with Gasteiger partial charge in [0.05, 0.1) is 31.6 Å². The monoisotopic (exact) mass is 434 g/mol. The summed E-state index contributed by atoms with van der Waals surface area (Å²) < 4.78 is 12.8. The molecular formula is C18H19ClN6O5. The molecule has 0 aliphatic carbocycles. The minimum atomic E-state index is -0.753. The number of nitro groups is 1. The number of aromatic amines is 1. The van der Waals surface area contributed by atoms with Crippen LogP contribution >= 0.6 is 11.6 Å². The molecule has 0 unspecified atom stereocenters. The van der Waals surface area contributed by atoms with E-state index in [9.17, 15) is 14.9 Å². The molecule has 158 valence electrons. The van der Waals surface area contributed by atoms with Crippen LogP contribution in [-0.4, -0.2) is 44.0 Å². The van der Waals surface area contributed by atoms with Crippen LogP contribution in [0.2, 0.25) is 5.02 Å². The van der Waals surface area contributed by atoms with E-state index in [-0.39, 0.29) is 10.7 Å². The van der Waals surface area contributed by atoms with Gasteiger partial charge < -0.3 is 24.9 Å². The Balaban J connectivity index is 1.70. The minimum Gasteiger partial charge on any atom is -0.490 e. The van der Waals surface area contributed by atoms with Gasteiger partial charge in [-0.1, -0.05) is 22.8 Å². The van der Waals surface area contributed by atoms with Crippen molar-refractivity contribution >= 4 is 29.0 Å². The number of rotatable bonds is 9. The fourth-order valence-corrected chi connectivity index (χ4v) is 2.92. The van der Waals surface area contributed by atoms with E-state index in [0.29, 0.717) is 36.9 Å². The molecule has 2 heterocycles. The predicted molar refractivity (Wildman–Crippen MR) is 108 cm³/mol. The van der Waals surface area contributed by atoms with Crippen molar-refractivity contribution in [2.24, 2.45) is 0 Å². The molecule has 3 aromatic rings. The van der Waals surface area contributed by atoms with Crippen LogP contribution < -0.4 is 14.8 Å². The number of hydrogen-bond acceptors (Lipinski definition) is 7. The Kier molecular flexibility index (Phi) is 6.52. The summed E-state index contributed by atoms with van der Waals surface area (Å²) in [6.45, 7) is 5.26. The Bertz CT molecular complexity index is 1060. The number of hydrogen-bond donors (Lipinski definition) is 2. The molecular weight excluding hydrogens is 416 g/mol. The lowest BCUT2D eigenvalue weighted by Crippen LogP contribution is -2.12. The van der Waals surface area contributed by atoms with Crippen molar-refractivity contribution in [3.63, 3.8) is 0 Å². The van der Waals surface area contributed by atoms with Gasteiger partial charge in [-0.05, 0) is 36.5 Å². The van der Waals surface area contributed by atoms with Crippen LogP contribution in [0.15, 0.2) is 30.6 Å². The zero-order chi connectivity index (χ0) is 21.7. The number of carbonyl (C=O) groups is 1. The summed E-state index contributed by atoms with van der Waals surface area (Å²) in [6, 6.07) is 5.61. The lowest BCUT2D eigenvalue weighted by Gasteiger charge is -2.12. The van der Waals surface area contributed by atoms with E-state index >= 15 is 0 Å². The zero-order valence-electron chi connectivity index (χ0n) is 16.2. The molecule has 0 saturated carbocycles. The van der Waals surface area contributed by atoms with Gasteiger partial charge in [-0.3, -0.25) is 9.48 Å². The number of halogens is 1. The summed E-state index contributed by atoms with van der Waals surface area (Å²) in [5.74, 6) is 0.0792. The van der Waals surface area contributed by atoms with Crippen LogP contribution in [0, 0.1) is 10.1 Å². The first-order valence-corrected chi connectivity index (χ1v) is 9.41. The highest BCUT2D eigenvalue weighted by Gasteiger charge is 2.25. The maximum absolute atomic E-state index is 12.3. The number of ether oxygens (including phenoxy) is 2. The molecule has 3 rings (SSSR count). The summed E-state index contributed by atoms with van der Waals surface area (Å²) in [7, 11) is 0. The lowest BCUT2D eigenvalue weighted by molar-refractivity contribution is -0.389. The molecule has 12 heteroatoms. The Morgan fingerprint density at radius 2 is 2.03 bits per heavy atom. The molecule has 2 N–H and O–H groups in total. The molecule has 0 atom stereocenters. The average molecular weight is 435 g/mol. The zero-order valence-corrected chi connectivity index (χ0v) is 17.0. The van der Waals surface area contributed by atoms with Gasteiger partial charge in [0.2, 0.25) is 0 Å².